The topological polar surface area (TPSA) is 77.2 Å². The molecule has 0 radical (unpaired) electrons. The van der Waals surface area contributed by atoms with Crippen LogP contribution < -0.4 is 10.1 Å². The Morgan fingerprint density at radius 2 is 2.12 bits per heavy atom. The average molecular weight is 443 g/mol. The van der Waals surface area contributed by atoms with Crippen molar-refractivity contribution in [2.24, 2.45) is 5.92 Å². The van der Waals surface area contributed by atoms with Crippen molar-refractivity contribution in [1.29, 1.82) is 0 Å². The van der Waals surface area contributed by atoms with Crippen LogP contribution in [0.15, 0.2) is 27.2 Å². The van der Waals surface area contributed by atoms with Crippen molar-refractivity contribution in [1.82, 2.24) is 15.5 Å². The quantitative estimate of drug-likeness (QED) is 0.675. The largest absolute Gasteiger partial charge is 0.480 e. The third-order valence-corrected chi connectivity index (χ3v) is 5.05. The first-order valence-corrected chi connectivity index (χ1v) is 9.78. The lowest BCUT2D eigenvalue weighted by Gasteiger charge is -2.22. The predicted molar refractivity (Wildman–Crippen MR) is 101 cm³/mol. The Balaban J connectivity index is 1.66. The van der Waals surface area contributed by atoms with E-state index in [0.717, 1.165) is 18.7 Å². The van der Waals surface area contributed by atoms with E-state index in [4.69, 9.17) is 20.9 Å². The Hall–Kier alpha value is -1.60. The molecule has 8 heteroatoms. The monoisotopic (exact) mass is 441 g/mol. The molecule has 2 unspecified atom stereocenters. The van der Waals surface area contributed by atoms with Gasteiger partial charge in [0.25, 0.3) is 5.91 Å². The van der Waals surface area contributed by atoms with Gasteiger partial charge < -0.3 is 14.6 Å². The summed E-state index contributed by atoms with van der Waals surface area (Å²) in [6, 6.07) is 4.79. The van der Waals surface area contributed by atoms with Gasteiger partial charge in [0, 0.05) is 10.9 Å². The van der Waals surface area contributed by atoms with Gasteiger partial charge in [0.05, 0.1) is 4.47 Å². The van der Waals surface area contributed by atoms with Crippen molar-refractivity contribution in [2.75, 3.05) is 0 Å². The first kappa shape index (κ1) is 19.2. The molecule has 1 saturated carbocycles. The van der Waals surface area contributed by atoms with Crippen molar-refractivity contribution in [3.05, 3.63) is 39.4 Å². The molecule has 2 atom stereocenters. The number of nitrogens with one attached hydrogen (secondary N) is 1. The maximum atomic E-state index is 12.6. The first-order valence-electron chi connectivity index (χ1n) is 8.60. The highest BCUT2D eigenvalue weighted by Gasteiger charge is 2.32. The molecule has 1 aromatic heterocycles. The molecule has 26 heavy (non-hydrogen) atoms. The number of benzene rings is 1. The number of ether oxygens (including phenoxy) is 1. The fraction of sp³-hybridized carbons (Fsp3) is 0.500. The van der Waals surface area contributed by atoms with Crippen LogP contribution in [0.4, 0.5) is 0 Å². The van der Waals surface area contributed by atoms with Crippen LogP contribution in [-0.2, 0) is 4.79 Å². The maximum absolute atomic E-state index is 12.6. The summed E-state index contributed by atoms with van der Waals surface area (Å²) in [6.45, 7) is 5.68. The Labute approximate surface area is 165 Å². The number of hydrogen-bond donors (Lipinski definition) is 1. The van der Waals surface area contributed by atoms with Crippen LogP contribution in [0.5, 0.6) is 5.75 Å². The second-order valence-electron chi connectivity index (χ2n) is 6.83. The number of aromatic nitrogens is 2. The van der Waals surface area contributed by atoms with Crippen molar-refractivity contribution >= 4 is 33.4 Å². The number of amides is 1. The van der Waals surface area contributed by atoms with Gasteiger partial charge in [-0.05, 0) is 59.8 Å². The molecule has 1 fully saturated rings. The predicted octanol–water partition coefficient (Wildman–Crippen LogP) is 4.64. The zero-order valence-corrected chi connectivity index (χ0v) is 17.2. The minimum Gasteiger partial charge on any atom is -0.480 e. The number of nitrogens with zero attached hydrogens (tertiary/aromatic N) is 2. The Kier molecular flexibility index (Phi) is 5.87. The van der Waals surface area contributed by atoms with Crippen molar-refractivity contribution in [3.63, 3.8) is 0 Å². The molecule has 1 aromatic carbocycles. The molecule has 3 rings (SSSR count). The van der Waals surface area contributed by atoms with Crippen LogP contribution in [0.25, 0.3) is 0 Å². The van der Waals surface area contributed by atoms with Crippen LogP contribution in [0.3, 0.4) is 0 Å². The molecule has 2 aromatic rings. The van der Waals surface area contributed by atoms with Gasteiger partial charge in [-0.3, -0.25) is 4.79 Å². The van der Waals surface area contributed by atoms with Gasteiger partial charge in [0.2, 0.25) is 5.89 Å². The number of rotatable bonds is 7. The molecule has 6 nitrogen and oxygen atoms in total. The minimum absolute atomic E-state index is 0.0981. The molecule has 1 amide bonds. The summed E-state index contributed by atoms with van der Waals surface area (Å²) in [5, 5.41) is 7.58. The second-order valence-corrected chi connectivity index (χ2v) is 8.12. The highest BCUT2D eigenvalue weighted by Crippen LogP contribution is 2.38. The third-order valence-electron chi connectivity index (χ3n) is 4.20. The zero-order valence-electron chi connectivity index (χ0n) is 14.8. The Morgan fingerprint density at radius 3 is 2.73 bits per heavy atom. The van der Waals surface area contributed by atoms with Gasteiger partial charge in [-0.1, -0.05) is 30.6 Å². The molecule has 140 valence electrons. The number of carbonyl (C=O) groups is 1. The molecule has 0 spiro atoms. The molecule has 0 aliphatic heterocycles. The number of halogens is 2. The van der Waals surface area contributed by atoms with Crippen LogP contribution >= 0.6 is 27.5 Å². The van der Waals surface area contributed by atoms with E-state index in [0.29, 0.717) is 27.1 Å². The molecule has 1 N–H and O–H groups in total. The van der Waals surface area contributed by atoms with E-state index in [9.17, 15) is 4.79 Å². The second kappa shape index (κ2) is 7.96. The van der Waals surface area contributed by atoms with Crippen molar-refractivity contribution < 1.29 is 14.1 Å². The van der Waals surface area contributed by atoms with Gasteiger partial charge in [-0.2, -0.15) is 4.98 Å². The maximum Gasteiger partial charge on any atom is 0.261 e. The first-order chi connectivity index (χ1) is 12.3. The smallest absolute Gasteiger partial charge is 0.261 e. The summed E-state index contributed by atoms with van der Waals surface area (Å²) in [7, 11) is 0. The molecule has 1 aliphatic carbocycles. The van der Waals surface area contributed by atoms with Crippen LogP contribution in [0, 0.1) is 5.92 Å². The van der Waals surface area contributed by atoms with E-state index in [2.05, 4.69) is 31.4 Å². The van der Waals surface area contributed by atoms with Crippen molar-refractivity contribution in [2.45, 2.75) is 51.7 Å². The summed E-state index contributed by atoms with van der Waals surface area (Å²) in [4.78, 5) is 17.1. The zero-order chi connectivity index (χ0) is 18.8. The van der Waals surface area contributed by atoms with E-state index in [1.165, 1.54) is 0 Å². The summed E-state index contributed by atoms with van der Waals surface area (Å²) < 4.78 is 11.8. The van der Waals surface area contributed by atoms with E-state index < -0.39 is 6.10 Å². The minimum atomic E-state index is -0.695. The highest BCUT2D eigenvalue weighted by molar-refractivity contribution is 9.10. The molecule has 1 aliphatic rings. The summed E-state index contributed by atoms with van der Waals surface area (Å²) >= 11 is 9.31. The lowest BCUT2D eigenvalue weighted by Crippen LogP contribution is -2.40. The lowest BCUT2D eigenvalue weighted by molar-refractivity contribution is -0.128. The SMILES string of the molecule is CC(Oc1ccc(Cl)cc1Br)C(=O)NC(c1nc(C2CC2)no1)C(C)C. The van der Waals surface area contributed by atoms with E-state index in [1.54, 1.807) is 25.1 Å². The third kappa shape index (κ3) is 4.57. The fourth-order valence-corrected chi connectivity index (χ4v) is 3.26. The summed E-state index contributed by atoms with van der Waals surface area (Å²) in [5.41, 5.74) is 0. The highest BCUT2D eigenvalue weighted by atomic mass is 79.9. The fourth-order valence-electron chi connectivity index (χ4n) is 2.48. The summed E-state index contributed by atoms with van der Waals surface area (Å²) in [5.74, 6) is 1.97. The average Bonchev–Trinajstić information content (AvgIpc) is 3.32. The Morgan fingerprint density at radius 1 is 1.38 bits per heavy atom. The molecular formula is C18H21BrClN3O3. The van der Waals surface area contributed by atoms with Gasteiger partial charge in [0.1, 0.15) is 11.8 Å². The van der Waals surface area contributed by atoms with E-state index in [1.807, 2.05) is 13.8 Å². The van der Waals surface area contributed by atoms with Crippen LogP contribution in [0.2, 0.25) is 5.02 Å². The lowest BCUT2D eigenvalue weighted by atomic mass is 10.0. The van der Waals surface area contributed by atoms with Gasteiger partial charge in [-0.15, -0.1) is 0 Å². The normalized spacial score (nSPS) is 16.4. The van der Waals surface area contributed by atoms with E-state index in [-0.39, 0.29) is 17.9 Å². The molecule has 0 bridgehead atoms. The molecule has 1 heterocycles. The number of carbonyl (C=O) groups excluding carboxylic acids is 1. The standard InChI is InChI=1S/C18H21BrClN3O3/c1-9(2)15(18-22-16(23-26-18)11-4-5-11)21-17(24)10(3)25-14-7-6-12(20)8-13(14)19/h6-11,15H,4-5H2,1-3H3,(H,21,24). The van der Waals surface area contributed by atoms with Gasteiger partial charge in [0.15, 0.2) is 11.9 Å². The molecule has 0 saturated heterocycles. The van der Waals surface area contributed by atoms with Crippen molar-refractivity contribution in [3.8, 4) is 5.75 Å². The van der Waals surface area contributed by atoms with Gasteiger partial charge >= 0.3 is 0 Å². The number of hydrogen-bond acceptors (Lipinski definition) is 5. The molecular weight excluding hydrogens is 422 g/mol. The Bertz CT molecular complexity index is 792. The van der Waals surface area contributed by atoms with Gasteiger partial charge in [-0.25, -0.2) is 0 Å². The van der Waals surface area contributed by atoms with Crippen LogP contribution in [0.1, 0.15) is 57.3 Å². The van der Waals surface area contributed by atoms with Crippen LogP contribution in [-0.4, -0.2) is 22.2 Å². The summed E-state index contributed by atoms with van der Waals surface area (Å²) in [6.07, 6.45) is 1.50. The van der Waals surface area contributed by atoms with E-state index >= 15 is 0 Å².